The van der Waals surface area contributed by atoms with Crippen LogP contribution in [0, 0.1) is 0 Å². The number of esters is 3. The van der Waals surface area contributed by atoms with Crippen LogP contribution in [0.4, 0.5) is 0 Å². The van der Waals surface area contributed by atoms with Crippen LogP contribution in [0.2, 0.25) is 0 Å². The zero-order chi connectivity index (χ0) is 20.5. The monoisotopic (exact) mass is 390 g/mol. The molecule has 0 fully saturated rings. The number of hydrogen-bond donors (Lipinski definition) is 0. The average molecular weight is 390 g/mol. The second-order valence-electron chi connectivity index (χ2n) is 6.25. The molecule has 7 nitrogen and oxygen atoms in total. The van der Waals surface area contributed by atoms with E-state index in [1.54, 1.807) is 6.92 Å². The quantitative estimate of drug-likeness (QED) is 0.334. The van der Waals surface area contributed by atoms with E-state index in [0.29, 0.717) is 5.39 Å². The first-order valence-corrected chi connectivity index (χ1v) is 9.60. The van der Waals surface area contributed by atoms with E-state index in [1.807, 2.05) is 13.8 Å². The first kappa shape index (κ1) is 21.5. The minimum atomic E-state index is -0.633. The Morgan fingerprint density at radius 2 is 1.36 bits per heavy atom. The fourth-order valence-corrected chi connectivity index (χ4v) is 2.50. The van der Waals surface area contributed by atoms with Gasteiger partial charge in [0.15, 0.2) is 0 Å². The van der Waals surface area contributed by atoms with Gasteiger partial charge < -0.3 is 18.6 Å². The Labute approximate surface area is 163 Å². The molecule has 0 amide bonds. The summed E-state index contributed by atoms with van der Waals surface area (Å²) in [6, 6.07) is 4.36. The van der Waals surface area contributed by atoms with Crippen LogP contribution in [-0.2, 0) is 14.2 Å². The molecule has 0 unspecified atom stereocenters. The molecule has 0 N–H and O–H groups in total. The fourth-order valence-electron chi connectivity index (χ4n) is 2.50. The molecule has 0 atom stereocenters. The van der Waals surface area contributed by atoms with E-state index >= 15 is 0 Å². The maximum atomic E-state index is 12.5. The third-order valence-electron chi connectivity index (χ3n) is 4.04. The Balaban J connectivity index is 2.39. The van der Waals surface area contributed by atoms with E-state index in [2.05, 4.69) is 0 Å². The lowest BCUT2D eigenvalue weighted by Gasteiger charge is -2.10. The molecule has 0 aliphatic carbocycles. The number of rotatable bonds is 10. The van der Waals surface area contributed by atoms with Crippen molar-refractivity contribution in [1.29, 1.82) is 0 Å². The lowest BCUT2D eigenvalue weighted by atomic mass is 10.0. The zero-order valence-electron chi connectivity index (χ0n) is 16.5. The number of furan rings is 1. The Hall–Kier alpha value is -2.83. The first-order chi connectivity index (χ1) is 13.5. The van der Waals surface area contributed by atoms with Crippen LogP contribution in [0.3, 0.4) is 0 Å². The van der Waals surface area contributed by atoms with Crippen molar-refractivity contribution in [3.05, 3.63) is 35.1 Å². The normalized spacial score (nSPS) is 10.7. The van der Waals surface area contributed by atoms with Crippen molar-refractivity contribution in [2.75, 3.05) is 19.8 Å². The summed E-state index contributed by atoms with van der Waals surface area (Å²) in [4.78, 5) is 36.9. The van der Waals surface area contributed by atoms with Gasteiger partial charge in [-0.3, -0.25) is 0 Å². The fraction of sp³-hybridized carbons (Fsp3) is 0.476. The van der Waals surface area contributed by atoms with E-state index in [1.165, 1.54) is 18.2 Å². The second-order valence-corrected chi connectivity index (χ2v) is 6.25. The second kappa shape index (κ2) is 10.5. The highest BCUT2D eigenvalue weighted by molar-refractivity contribution is 6.07. The van der Waals surface area contributed by atoms with Gasteiger partial charge in [-0.25, -0.2) is 14.4 Å². The predicted octanol–water partition coefficient (Wildman–Crippen LogP) is 4.52. The van der Waals surface area contributed by atoms with Crippen molar-refractivity contribution < 1.29 is 33.0 Å². The number of fused-ring (bicyclic) bond motifs is 1. The predicted molar refractivity (Wildman–Crippen MR) is 103 cm³/mol. The van der Waals surface area contributed by atoms with Crippen LogP contribution in [0.25, 0.3) is 11.0 Å². The minimum Gasteiger partial charge on any atom is -0.462 e. The molecule has 0 bridgehead atoms. The summed E-state index contributed by atoms with van der Waals surface area (Å²) in [7, 11) is 0. The van der Waals surface area contributed by atoms with Crippen LogP contribution in [0.5, 0.6) is 0 Å². The van der Waals surface area contributed by atoms with Crippen molar-refractivity contribution in [2.45, 2.75) is 46.5 Å². The summed E-state index contributed by atoms with van der Waals surface area (Å²) in [5.41, 5.74) is 0.423. The van der Waals surface area contributed by atoms with Gasteiger partial charge in [0, 0.05) is 5.39 Å². The van der Waals surface area contributed by atoms with Crippen molar-refractivity contribution in [1.82, 2.24) is 0 Å². The van der Waals surface area contributed by atoms with Gasteiger partial charge in [0.2, 0.25) is 5.76 Å². The minimum absolute atomic E-state index is 0.00125. The molecule has 7 heteroatoms. The van der Waals surface area contributed by atoms with Crippen molar-refractivity contribution in [3.8, 4) is 0 Å². The van der Waals surface area contributed by atoms with Gasteiger partial charge in [-0.2, -0.15) is 0 Å². The molecule has 0 saturated heterocycles. The maximum absolute atomic E-state index is 12.5. The molecule has 2 aromatic rings. The summed E-state index contributed by atoms with van der Waals surface area (Å²) in [6.07, 6.45) is 3.20. The molecule has 0 spiro atoms. The number of hydrogen-bond acceptors (Lipinski definition) is 7. The Kier molecular flexibility index (Phi) is 8.04. The molecule has 0 aliphatic heterocycles. The number of carbonyl (C=O) groups is 3. The third-order valence-corrected chi connectivity index (χ3v) is 4.04. The van der Waals surface area contributed by atoms with Crippen LogP contribution < -0.4 is 0 Å². The van der Waals surface area contributed by atoms with Gasteiger partial charge in [-0.05, 0) is 38.0 Å². The number of carbonyl (C=O) groups excluding carboxylic acids is 3. The smallest absolute Gasteiger partial charge is 0.374 e. The number of ether oxygens (including phenoxy) is 3. The average Bonchev–Trinajstić information content (AvgIpc) is 3.10. The molecular formula is C21H26O7. The standard InChI is InChI=1S/C21H26O7/c1-4-7-9-26-19(22)15-11-14-12-18(21(24)25-6-3)28-17(14)13-16(15)20(23)27-10-8-5-2/h11-13H,4-10H2,1-3H3. The molecule has 1 aromatic carbocycles. The largest absolute Gasteiger partial charge is 0.462 e. The molecule has 1 aromatic heterocycles. The highest BCUT2D eigenvalue weighted by atomic mass is 16.5. The van der Waals surface area contributed by atoms with E-state index in [4.69, 9.17) is 18.6 Å². The summed E-state index contributed by atoms with van der Waals surface area (Å²) >= 11 is 0. The lowest BCUT2D eigenvalue weighted by molar-refractivity contribution is 0.0452. The summed E-state index contributed by atoms with van der Waals surface area (Å²) in [6.45, 7) is 6.38. The topological polar surface area (TPSA) is 92.0 Å². The summed E-state index contributed by atoms with van der Waals surface area (Å²) in [5.74, 6) is -1.86. The molecule has 1 heterocycles. The Morgan fingerprint density at radius 1 is 0.786 bits per heavy atom. The van der Waals surface area contributed by atoms with Crippen LogP contribution in [0.1, 0.15) is 77.7 Å². The van der Waals surface area contributed by atoms with Gasteiger partial charge in [0.05, 0.1) is 30.9 Å². The molecule has 0 saturated carbocycles. The molecule has 2 rings (SSSR count). The SMILES string of the molecule is CCCCOC(=O)c1cc2cc(C(=O)OCC)oc2cc1C(=O)OCCCC. The van der Waals surface area contributed by atoms with Gasteiger partial charge >= 0.3 is 17.9 Å². The van der Waals surface area contributed by atoms with E-state index in [0.717, 1.165) is 25.7 Å². The highest BCUT2D eigenvalue weighted by Gasteiger charge is 2.23. The Morgan fingerprint density at radius 3 is 1.89 bits per heavy atom. The van der Waals surface area contributed by atoms with Gasteiger partial charge in [-0.1, -0.05) is 26.7 Å². The van der Waals surface area contributed by atoms with Gasteiger partial charge in [0.25, 0.3) is 0 Å². The lowest BCUT2D eigenvalue weighted by Crippen LogP contribution is -2.15. The molecular weight excluding hydrogens is 364 g/mol. The number of benzene rings is 1. The third kappa shape index (κ3) is 5.34. The summed E-state index contributed by atoms with van der Waals surface area (Å²) < 4.78 is 20.9. The Bertz CT molecular complexity index is 776. The zero-order valence-corrected chi connectivity index (χ0v) is 16.5. The van der Waals surface area contributed by atoms with Crippen LogP contribution in [-0.4, -0.2) is 37.7 Å². The first-order valence-electron chi connectivity index (χ1n) is 9.60. The number of unbranched alkanes of at least 4 members (excludes halogenated alkanes) is 2. The van der Waals surface area contributed by atoms with Crippen molar-refractivity contribution in [3.63, 3.8) is 0 Å². The maximum Gasteiger partial charge on any atom is 0.374 e. The van der Waals surface area contributed by atoms with Crippen LogP contribution >= 0.6 is 0 Å². The van der Waals surface area contributed by atoms with Gasteiger partial charge in [0.1, 0.15) is 5.58 Å². The highest BCUT2D eigenvalue weighted by Crippen LogP contribution is 2.26. The van der Waals surface area contributed by atoms with Gasteiger partial charge in [-0.15, -0.1) is 0 Å². The molecule has 28 heavy (non-hydrogen) atoms. The molecule has 0 aliphatic rings. The van der Waals surface area contributed by atoms with Crippen LogP contribution in [0.15, 0.2) is 22.6 Å². The van der Waals surface area contributed by atoms with Crippen molar-refractivity contribution >= 4 is 28.9 Å². The molecule has 152 valence electrons. The molecule has 0 radical (unpaired) electrons. The summed E-state index contributed by atoms with van der Waals surface area (Å²) in [5, 5.41) is 0.496. The van der Waals surface area contributed by atoms with Crippen molar-refractivity contribution in [2.24, 2.45) is 0 Å². The van der Waals surface area contributed by atoms with E-state index in [9.17, 15) is 14.4 Å². The van der Waals surface area contributed by atoms with E-state index < -0.39 is 17.9 Å². The van der Waals surface area contributed by atoms with E-state index in [-0.39, 0.29) is 42.3 Å².